The Hall–Kier alpha value is -3.34. The number of nitrogens with one attached hydrogen (secondary N) is 1. The van der Waals surface area contributed by atoms with Gasteiger partial charge < -0.3 is 29.1 Å². The van der Waals surface area contributed by atoms with Crippen molar-refractivity contribution < 1.29 is 33.3 Å². The first kappa shape index (κ1) is 26.3. The Balaban J connectivity index is 0.00000342. The Kier molecular flexibility index (Phi) is 8.21. The molecule has 4 rings (SSSR count). The number of ketones is 1. The molecular formula is C24H27BrFN3O6. The summed E-state index contributed by atoms with van der Waals surface area (Å²) in [7, 11) is 2.73. The summed E-state index contributed by atoms with van der Waals surface area (Å²) in [5.41, 5.74) is 1.74. The van der Waals surface area contributed by atoms with Gasteiger partial charge in [0.15, 0.2) is 29.7 Å². The van der Waals surface area contributed by atoms with Gasteiger partial charge in [0.2, 0.25) is 0 Å². The highest BCUT2D eigenvalue weighted by atomic mass is 79.9. The standard InChI is InChI=1S/C24H26FN3O6.BrH/c1-32-19-9-15-11-28(24(26)21(15)22(25)23(19)33-2)12-18(29)14-7-16(27-5-3-4-6-27)10-17(8-14)34-13-20(30)31;/h7-10,26H,3-6,11-13H2,1-2H3,(H,30,31);1H. The van der Waals surface area contributed by atoms with E-state index in [0.717, 1.165) is 31.6 Å². The first-order chi connectivity index (χ1) is 16.3. The number of carbonyl (C=O) groups excluding carboxylic acids is 1. The average Bonchev–Trinajstić information content (AvgIpc) is 3.46. The number of aliphatic carboxylic acids is 1. The minimum atomic E-state index is -1.12. The van der Waals surface area contributed by atoms with Crippen molar-refractivity contribution in [3.05, 3.63) is 46.8 Å². The SMILES string of the molecule is Br.COc1cc2c(c(F)c1OC)C(=N)N(CC(=O)c1cc(OCC(=O)O)cc(N3CCCC3)c1)C2. The van der Waals surface area contributed by atoms with Gasteiger partial charge in [-0.1, -0.05) is 0 Å². The van der Waals surface area contributed by atoms with Crippen LogP contribution in [-0.4, -0.2) is 68.1 Å². The van der Waals surface area contributed by atoms with Crippen LogP contribution in [0.3, 0.4) is 0 Å². The molecule has 1 saturated heterocycles. The number of amidine groups is 1. The topological polar surface area (TPSA) is 112 Å². The fraction of sp³-hybridized carbons (Fsp3) is 0.375. The lowest BCUT2D eigenvalue weighted by Gasteiger charge is -2.21. The number of fused-ring (bicyclic) bond motifs is 1. The molecule has 2 aliphatic rings. The summed E-state index contributed by atoms with van der Waals surface area (Å²) in [6, 6.07) is 6.60. The Morgan fingerprint density at radius 1 is 1.11 bits per heavy atom. The van der Waals surface area contributed by atoms with Gasteiger partial charge in [-0.15, -0.1) is 17.0 Å². The van der Waals surface area contributed by atoms with E-state index in [1.54, 1.807) is 18.2 Å². The Bertz CT molecular complexity index is 1150. The van der Waals surface area contributed by atoms with Crippen LogP contribution in [-0.2, 0) is 11.3 Å². The fourth-order valence-corrected chi connectivity index (χ4v) is 4.35. The Labute approximate surface area is 212 Å². The van der Waals surface area contributed by atoms with Gasteiger partial charge in [-0.3, -0.25) is 10.2 Å². The number of hydrogen-bond acceptors (Lipinski definition) is 7. The lowest BCUT2D eigenvalue weighted by atomic mass is 10.1. The number of benzene rings is 2. The Morgan fingerprint density at radius 2 is 1.83 bits per heavy atom. The summed E-state index contributed by atoms with van der Waals surface area (Å²) < 4.78 is 30.7. The zero-order valence-corrected chi connectivity index (χ0v) is 21.1. The van der Waals surface area contributed by atoms with Crippen molar-refractivity contribution in [1.29, 1.82) is 5.41 Å². The number of anilines is 1. The van der Waals surface area contributed by atoms with Crippen LogP contribution in [0.1, 0.15) is 34.3 Å². The molecule has 0 amide bonds. The van der Waals surface area contributed by atoms with Gasteiger partial charge in [-0.05, 0) is 36.6 Å². The van der Waals surface area contributed by atoms with Crippen LogP contribution < -0.4 is 19.1 Å². The smallest absolute Gasteiger partial charge is 0.341 e. The number of ether oxygens (including phenoxy) is 3. The molecule has 2 aromatic carbocycles. The third-order valence-electron chi connectivity index (χ3n) is 5.99. The second-order valence-corrected chi connectivity index (χ2v) is 8.18. The third-order valence-corrected chi connectivity index (χ3v) is 5.99. The predicted molar refractivity (Wildman–Crippen MR) is 132 cm³/mol. The van der Waals surface area contributed by atoms with Crippen molar-refractivity contribution in [3.63, 3.8) is 0 Å². The molecular weight excluding hydrogens is 525 g/mol. The molecule has 0 radical (unpaired) electrons. The second kappa shape index (κ2) is 10.9. The van der Waals surface area contributed by atoms with Gasteiger partial charge in [0, 0.05) is 37.0 Å². The number of carbonyl (C=O) groups is 2. The molecule has 0 aromatic heterocycles. The monoisotopic (exact) mass is 551 g/mol. The van der Waals surface area contributed by atoms with Crippen LogP contribution in [0.2, 0.25) is 0 Å². The van der Waals surface area contributed by atoms with Gasteiger partial charge in [0.1, 0.15) is 11.6 Å². The number of carboxylic acid groups (broad SMARTS) is 1. The molecule has 0 aliphatic carbocycles. The normalized spacial score (nSPS) is 14.4. The number of methoxy groups -OCH3 is 2. The maximum Gasteiger partial charge on any atom is 0.341 e. The summed E-state index contributed by atoms with van der Waals surface area (Å²) in [4.78, 5) is 27.8. The number of halogens is 2. The minimum Gasteiger partial charge on any atom is -0.493 e. The molecule has 0 saturated carbocycles. The van der Waals surface area contributed by atoms with E-state index in [9.17, 15) is 9.59 Å². The molecule has 0 unspecified atom stereocenters. The first-order valence-electron chi connectivity index (χ1n) is 10.9. The van der Waals surface area contributed by atoms with Crippen molar-refractivity contribution >= 4 is 40.3 Å². The first-order valence-corrected chi connectivity index (χ1v) is 10.9. The molecule has 2 aliphatic heterocycles. The van der Waals surface area contributed by atoms with E-state index in [2.05, 4.69) is 4.90 Å². The fourth-order valence-electron chi connectivity index (χ4n) is 4.35. The number of carboxylic acids is 1. The number of hydrogen-bond donors (Lipinski definition) is 2. The number of Topliss-reactive ketones (excluding diaryl/α,β-unsaturated/α-hetero) is 1. The maximum atomic E-state index is 15.0. The van der Waals surface area contributed by atoms with E-state index < -0.39 is 18.4 Å². The lowest BCUT2D eigenvalue weighted by Crippen LogP contribution is -2.30. The summed E-state index contributed by atoms with van der Waals surface area (Å²) in [6.45, 7) is 1.17. The van der Waals surface area contributed by atoms with Crippen LogP contribution in [0, 0.1) is 11.2 Å². The van der Waals surface area contributed by atoms with Crippen LogP contribution in [0.15, 0.2) is 24.3 Å². The van der Waals surface area contributed by atoms with Crippen molar-refractivity contribution in [3.8, 4) is 17.2 Å². The molecule has 0 bridgehead atoms. The molecule has 11 heteroatoms. The van der Waals surface area contributed by atoms with Crippen LogP contribution in [0.4, 0.5) is 10.1 Å². The zero-order valence-electron chi connectivity index (χ0n) is 19.4. The van der Waals surface area contributed by atoms with Gasteiger partial charge >= 0.3 is 5.97 Å². The second-order valence-electron chi connectivity index (χ2n) is 8.18. The lowest BCUT2D eigenvalue weighted by molar-refractivity contribution is -0.139. The molecule has 0 atom stereocenters. The summed E-state index contributed by atoms with van der Waals surface area (Å²) >= 11 is 0. The molecule has 2 N–H and O–H groups in total. The molecule has 2 aromatic rings. The molecule has 0 spiro atoms. The number of nitrogens with zero attached hydrogens (tertiary/aromatic N) is 2. The van der Waals surface area contributed by atoms with Gasteiger partial charge in [0.25, 0.3) is 0 Å². The van der Waals surface area contributed by atoms with Gasteiger partial charge in [-0.25, -0.2) is 9.18 Å². The molecule has 1 fully saturated rings. The quantitative estimate of drug-likeness (QED) is 0.455. The summed E-state index contributed by atoms with van der Waals surface area (Å²) in [6.07, 6.45) is 2.07. The molecule has 188 valence electrons. The van der Waals surface area contributed by atoms with Crippen molar-refractivity contribution in [2.24, 2.45) is 0 Å². The highest BCUT2D eigenvalue weighted by Crippen LogP contribution is 2.38. The van der Waals surface area contributed by atoms with Crippen LogP contribution in [0.5, 0.6) is 17.2 Å². The summed E-state index contributed by atoms with van der Waals surface area (Å²) in [5, 5.41) is 17.4. The van der Waals surface area contributed by atoms with Gasteiger partial charge in [0.05, 0.1) is 26.3 Å². The van der Waals surface area contributed by atoms with E-state index in [-0.39, 0.29) is 64.5 Å². The molecule has 35 heavy (non-hydrogen) atoms. The minimum absolute atomic E-state index is 0. The highest BCUT2D eigenvalue weighted by Gasteiger charge is 2.33. The van der Waals surface area contributed by atoms with E-state index in [1.165, 1.54) is 25.2 Å². The van der Waals surface area contributed by atoms with Crippen molar-refractivity contribution in [2.75, 3.05) is 45.4 Å². The number of rotatable bonds is 9. The van der Waals surface area contributed by atoms with E-state index in [1.807, 2.05) is 0 Å². The van der Waals surface area contributed by atoms with Gasteiger partial charge in [-0.2, -0.15) is 0 Å². The Morgan fingerprint density at radius 3 is 2.46 bits per heavy atom. The third kappa shape index (κ3) is 5.34. The zero-order chi connectivity index (χ0) is 24.4. The molecule has 2 heterocycles. The maximum absolute atomic E-state index is 15.0. The van der Waals surface area contributed by atoms with Crippen LogP contribution >= 0.6 is 17.0 Å². The van der Waals surface area contributed by atoms with E-state index >= 15 is 4.39 Å². The van der Waals surface area contributed by atoms with Crippen molar-refractivity contribution in [1.82, 2.24) is 4.90 Å². The molecule has 9 nitrogen and oxygen atoms in total. The van der Waals surface area contributed by atoms with E-state index in [0.29, 0.717) is 11.1 Å². The van der Waals surface area contributed by atoms with E-state index in [4.69, 9.17) is 24.7 Å². The average molecular weight is 552 g/mol. The predicted octanol–water partition coefficient (Wildman–Crippen LogP) is 3.51. The van der Waals surface area contributed by atoms with Crippen molar-refractivity contribution in [2.45, 2.75) is 19.4 Å². The highest BCUT2D eigenvalue weighted by molar-refractivity contribution is 8.93. The summed E-state index contributed by atoms with van der Waals surface area (Å²) in [5.74, 6) is -1.79. The van der Waals surface area contributed by atoms with Crippen LogP contribution in [0.25, 0.3) is 0 Å². The largest absolute Gasteiger partial charge is 0.493 e.